The fourth-order valence-corrected chi connectivity index (χ4v) is 2.21. The second kappa shape index (κ2) is 5.35. The van der Waals surface area contributed by atoms with E-state index < -0.39 is 0 Å². The van der Waals surface area contributed by atoms with Crippen LogP contribution in [-0.4, -0.2) is 11.7 Å². The number of ether oxygens (including phenoxy) is 1. The number of rotatable bonds is 5. The van der Waals surface area contributed by atoms with Crippen molar-refractivity contribution in [1.29, 1.82) is 0 Å². The lowest BCUT2D eigenvalue weighted by Gasteiger charge is -2.28. The maximum absolute atomic E-state index is 10.2. The van der Waals surface area contributed by atoms with Crippen LogP contribution in [0.25, 0.3) is 0 Å². The van der Waals surface area contributed by atoms with E-state index in [-0.39, 0.29) is 6.10 Å². The molecule has 88 valence electrons. The SMILES string of the molecule is CCOc1ccccc1C(O)CC1CCC1. The lowest BCUT2D eigenvalue weighted by atomic mass is 9.80. The molecule has 2 heteroatoms. The average molecular weight is 220 g/mol. The van der Waals surface area contributed by atoms with Crippen molar-refractivity contribution in [2.24, 2.45) is 5.92 Å². The van der Waals surface area contributed by atoms with Crippen LogP contribution in [0.2, 0.25) is 0 Å². The van der Waals surface area contributed by atoms with E-state index >= 15 is 0 Å². The molecule has 0 aromatic heterocycles. The Balaban J connectivity index is 2.04. The predicted molar refractivity (Wildman–Crippen MR) is 64.5 cm³/mol. The molecule has 1 atom stereocenters. The van der Waals surface area contributed by atoms with Gasteiger partial charge in [-0.1, -0.05) is 37.5 Å². The zero-order valence-corrected chi connectivity index (χ0v) is 9.86. The molecule has 0 amide bonds. The molecule has 0 spiro atoms. The van der Waals surface area contributed by atoms with Crippen molar-refractivity contribution in [2.75, 3.05) is 6.61 Å². The van der Waals surface area contributed by atoms with E-state index in [2.05, 4.69) is 0 Å². The van der Waals surface area contributed by atoms with Crippen molar-refractivity contribution < 1.29 is 9.84 Å². The Morgan fingerprint density at radius 2 is 2.12 bits per heavy atom. The van der Waals surface area contributed by atoms with Crippen molar-refractivity contribution in [1.82, 2.24) is 0 Å². The third kappa shape index (κ3) is 2.56. The molecule has 1 aliphatic carbocycles. The van der Waals surface area contributed by atoms with Gasteiger partial charge in [-0.2, -0.15) is 0 Å². The first-order valence-corrected chi connectivity index (χ1v) is 6.21. The van der Waals surface area contributed by atoms with Gasteiger partial charge in [-0.25, -0.2) is 0 Å². The van der Waals surface area contributed by atoms with Gasteiger partial charge in [0.2, 0.25) is 0 Å². The zero-order valence-electron chi connectivity index (χ0n) is 9.86. The molecule has 1 saturated carbocycles. The Bertz CT molecular complexity index is 331. The van der Waals surface area contributed by atoms with Gasteiger partial charge in [-0.3, -0.25) is 0 Å². The lowest BCUT2D eigenvalue weighted by molar-refractivity contribution is 0.115. The van der Waals surface area contributed by atoms with E-state index in [9.17, 15) is 5.11 Å². The summed E-state index contributed by atoms with van der Waals surface area (Å²) < 4.78 is 5.53. The first kappa shape index (κ1) is 11.5. The largest absolute Gasteiger partial charge is 0.493 e. The highest BCUT2D eigenvalue weighted by Crippen LogP contribution is 2.36. The molecule has 1 aromatic rings. The van der Waals surface area contributed by atoms with Gasteiger partial charge in [0.15, 0.2) is 0 Å². The molecule has 1 aromatic carbocycles. The molecule has 2 rings (SSSR count). The summed E-state index contributed by atoms with van der Waals surface area (Å²) in [7, 11) is 0. The van der Waals surface area contributed by atoms with Gasteiger partial charge in [0.25, 0.3) is 0 Å². The fourth-order valence-electron chi connectivity index (χ4n) is 2.21. The Morgan fingerprint density at radius 1 is 1.38 bits per heavy atom. The summed E-state index contributed by atoms with van der Waals surface area (Å²) >= 11 is 0. The number of aliphatic hydroxyl groups excluding tert-OH is 1. The van der Waals surface area contributed by atoms with Crippen molar-refractivity contribution in [3.05, 3.63) is 29.8 Å². The minimum absolute atomic E-state index is 0.368. The Kier molecular flexibility index (Phi) is 3.83. The molecule has 0 saturated heterocycles. The summed E-state index contributed by atoms with van der Waals surface area (Å²) in [5.41, 5.74) is 0.941. The van der Waals surface area contributed by atoms with Crippen LogP contribution in [0, 0.1) is 5.92 Å². The van der Waals surface area contributed by atoms with Gasteiger partial charge in [0.05, 0.1) is 12.7 Å². The normalized spacial score (nSPS) is 17.9. The number of hydrogen-bond donors (Lipinski definition) is 1. The van der Waals surface area contributed by atoms with E-state index in [1.165, 1.54) is 19.3 Å². The molecule has 0 heterocycles. The summed E-state index contributed by atoms with van der Waals surface area (Å²) in [5, 5.41) is 10.2. The average Bonchev–Trinajstić information content (AvgIpc) is 2.24. The highest BCUT2D eigenvalue weighted by molar-refractivity contribution is 5.35. The highest BCUT2D eigenvalue weighted by Gasteiger charge is 2.23. The van der Waals surface area contributed by atoms with Crippen LogP contribution in [0.4, 0.5) is 0 Å². The zero-order chi connectivity index (χ0) is 11.4. The van der Waals surface area contributed by atoms with Gasteiger partial charge in [0, 0.05) is 5.56 Å². The van der Waals surface area contributed by atoms with E-state index in [1.54, 1.807) is 0 Å². The molecule has 2 nitrogen and oxygen atoms in total. The highest BCUT2D eigenvalue weighted by atomic mass is 16.5. The first-order chi connectivity index (χ1) is 7.81. The summed E-state index contributed by atoms with van der Waals surface area (Å²) in [6.07, 6.45) is 4.38. The van der Waals surface area contributed by atoms with Crippen LogP contribution in [0.1, 0.15) is 44.3 Å². The van der Waals surface area contributed by atoms with Gasteiger partial charge in [0.1, 0.15) is 5.75 Å². The van der Waals surface area contributed by atoms with Crippen LogP contribution in [0.15, 0.2) is 24.3 Å². The van der Waals surface area contributed by atoms with Crippen LogP contribution in [-0.2, 0) is 0 Å². The smallest absolute Gasteiger partial charge is 0.125 e. The summed E-state index contributed by atoms with van der Waals surface area (Å²) in [4.78, 5) is 0. The Morgan fingerprint density at radius 3 is 2.75 bits per heavy atom. The molecule has 1 N–H and O–H groups in total. The standard InChI is InChI=1S/C14H20O2/c1-2-16-14-9-4-3-8-12(14)13(15)10-11-6-5-7-11/h3-4,8-9,11,13,15H,2,5-7,10H2,1H3. The van der Waals surface area contributed by atoms with Gasteiger partial charge in [-0.05, 0) is 25.3 Å². The van der Waals surface area contributed by atoms with Crippen molar-refractivity contribution >= 4 is 0 Å². The molecule has 0 bridgehead atoms. The Labute approximate surface area is 97.3 Å². The summed E-state index contributed by atoms with van der Waals surface area (Å²) in [6.45, 7) is 2.61. The van der Waals surface area contributed by atoms with Gasteiger partial charge in [-0.15, -0.1) is 0 Å². The van der Waals surface area contributed by atoms with E-state index in [4.69, 9.17) is 4.74 Å². The topological polar surface area (TPSA) is 29.5 Å². The van der Waals surface area contributed by atoms with E-state index in [0.717, 1.165) is 17.7 Å². The lowest BCUT2D eigenvalue weighted by Crippen LogP contribution is -2.15. The van der Waals surface area contributed by atoms with Crippen molar-refractivity contribution in [3.8, 4) is 5.75 Å². The molecule has 1 unspecified atom stereocenters. The van der Waals surface area contributed by atoms with E-state index in [1.807, 2.05) is 31.2 Å². The molecule has 0 radical (unpaired) electrons. The second-order valence-corrected chi connectivity index (χ2v) is 4.52. The third-order valence-electron chi connectivity index (χ3n) is 3.36. The summed E-state index contributed by atoms with van der Waals surface area (Å²) in [5.74, 6) is 1.54. The van der Waals surface area contributed by atoms with E-state index in [0.29, 0.717) is 12.5 Å². The monoisotopic (exact) mass is 220 g/mol. The molecular formula is C14H20O2. The maximum Gasteiger partial charge on any atom is 0.125 e. The van der Waals surface area contributed by atoms with Crippen LogP contribution < -0.4 is 4.74 Å². The number of hydrogen-bond acceptors (Lipinski definition) is 2. The van der Waals surface area contributed by atoms with Gasteiger partial charge >= 0.3 is 0 Å². The van der Waals surface area contributed by atoms with Crippen LogP contribution in [0.5, 0.6) is 5.75 Å². The number of aliphatic hydroxyl groups is 1. The number of para-hydroxylation sites is 1. The molecule has 1 fully saturated rings. The van der Waals surface area contributed by atoms with Gasteiger partial charge < -0.3 is 9.84 Å². The molecule has 0 aliphatic heterocycles. The maximum atomic E-state index is 10.2. The number of benzene rings is 1. The third-order valence-corrected chi connectivity index (χ3v) is 3.36. The Hall–Kier alpha value is -1.02. The van der Waals surface area contributed by atoms with Crippen molar-refractivity contribution in [2.45, 2.75) is 38.7 Å². The molecule has 1 aliphatic rings. The van der Waals surface area contributed by atoms with Crippen LogP contribution >= 0.6 is 0 Å². The molecular weight excluding hydrogens is 200 g/mol. The minimum atomic E-state index is -0.368. The second-order valence-electron chi connectivity index (χ2n) is 4.52. The minimum Gasteiger partial charge on any atom is -0.493 e. The van der Waals surface area contributed by atoms with Crippen molar-refractivity contribution in [3.63, 3.8) is 0 Å². The first-order valence-electron chi connectivity index (χ1n) is 6.21. The predicted octanol–water partition coefficient (Wildman–Crippen LogP) is 3.31. The fraction of sp³-hybridized carbons (Fsp3) is 0.571. The quantitative estimate of drug-likeness (QED) is 0.825. The summed E-state index contributed by atoms with van der Waals surface area (Å²) in [6, 6.07) is 7.81. The molecule has 16 heavy (non-hydrogen) atoms. The van der Waals surface area contributed by atoms with Crippen LogP contribution in [0.3, 0.4) is 0 Å².